The molecule has 0 saturated carbocycles. The van der Waals surface area contributed by atoms with Crippen molar-refractivity contribution in [3.8, 4) is 0 Å². The molecular formula is C7H8S. The Hall–Kier alpha value is -0.560. The second-order valence-corrected chi connectivity index (χ2v) is 2.46. The molecule has 0 unspecified atom stereocenters. The van der Waals surface area contributed by atoms with E-state index >= 15 is 0 Å². The van der Waals surface area contributed by atoms with E-state index < -0.39 is 0 Å². The maximum absolute atomic E-state index is 3.67. The molecule has 0 atom stereocenters. The van der Waals surface area contributed by atoms with Crippen LogP contribution in [0.4, 0.5) is 0 Å². The van der Waals surface area contributed by atoms with E-state index in [4.69, 9.17) is 0 Å². The average molecular weight is 124 g/mol. The average Bonchev–Trinajstić information content (AvgIpc) is 2.14. The molecule has 0 nitrogen and oxygen atoms in total. The third-order valence-corrected chi connectivity index (χ3v) is 1.99. The first kappa shape index (κ1) is 5.57. The highest BCUT2D eigenvalue weighted by Gasteiger charge is 1.89. The molecule has 0 aliphatic carbocycles. The van der Waals surface area contributed by atoms with E-state index in [9.17, 15) is 0 Å². The van der Waals surface area contributed by atoms with Gasteiger partial charge in [-0.1, -0.05) is 12.7 Å². The predicted octanol–water partition coefficient (Wildman–Crippen LogP) is 2.70. The van der Waals surface area contributed by atoms with Gasteiger partial charge in [-0.25, -0.2) is 0 Å². The van der Waals surface area contributed by atoms with Gasteiger partial charge in [0.25, 0.3) is 0 Å². The van der Waals surface area contributed by atoms with Crippen LogP contribution in [-0.4, -0.2) is 0 Å². The smallest absolute Gasteiger partial charge is 0.00182 e. The number of rotatable bonds is 1. The summed E-state index contributed by atoms with van der Waals surface area (Å²) in [6.07, 6.45) is 1.88. The normalized spacial score (nSPS) is 9.12. The largest absolute Gasteiger partial charge is 0.152 e. The molecule has 0 amide bonds. The lowest BCUT2D eigenvalue weighted by Crippen LogP contribution is -1.64. The van der Waals surface area contributed by atoms with Gasteiger partial charge in [0.15, 0.2) is 0 Å². The molecule has 0 bridgehead atoms. The van der Waals surface area contributed by atoms with Crippen LogP contribution in [0.25, 0.3) is 6.08 Å². The zero-order valence-electron chi connectivity index (χ0n) is 4.85. The summed E-state index contributed by atoms with van der Waals surface area (Å²) >= 11 is 1.72. The summed E-state index contributed by atoms with van der Waals surface area (Å²) in [7, 11) is 0. The summed E-state index contributed by atoms with van der Waals surface area (Å²) in [4.78, 5) is 0. The van der Waals surface area contributed by atoms with Crippen molar-refractivity contribution >= 4 is 17.4 Å². The SMILES string of the molecule is C=Cc1cscc1C. The van der Waals surface area contributed by atoms with Crippen LogP contribution in [-0.2, 0) is 0 Å². The third kappa shape index (κ3) is 0.819. The van der Waals surface area contributed by atoms with Gasteiger partial charge in [0.2, 0.25) is 0 Å². The Bertz CT molecular complexity index is 186. The van der Waals surface area contributed by atoms with Gasteiger partial charge in [-0.05, 0) is 28.8 Å². The summed E-state index contributed by atoms with van der Waals surface area (Å²) in [6, 6.07) is 0. The van der Waals surface area contributed by atoms with E-state index in [1.807, 2.05) is 6.08 Å². The lowest BCUT2D eigenvalue weighted by molar-refractivity contribution is 1.53. The van der Waals surface area contributed by atoms with Gasteiger partial charge in [0, 0.05) is 0 Å². The van der Waals surface area contributed by atoms with Crippen molar-refractivity contribution in [1.29, 1.82) is 0 Å². The first-order chi connectivity index (χ1) is 3.84. The fraction of sp³-hybridized carbons (Fsp3) is 0.143. The highest BCUT2D eigenvalue weighted by molar-refractivity contribution is 7.08. The van der Waals surface area contributed by atoms with Crippen LogP contribution in [0.3, 0.4) is 0 Å². The summed E-state index contributed by atoms with van der Waals surface area (Å²) in [5.74, 6) is 0. The standard InChI is InChI=1S/C7H8S/c1-3-7-5-8-4-6(7)2/h3-5H,1H2,2H3. The van der Waals surface area contributed by atoms with Crippen LogP contribution in [0.5, 0.6) is 0 Å². The Labute approximate surface area is 53.5 Å². The van der Waals surface area contributed by atoms with Crippen LogP contribution < -0.4 is 0 Å². The fourth-order valence-electron chi connectivity index (χ4n) is 0.579. The molecule has 0 radical (unpaired) electrons. The Kier molecular flexibility index (Phi) is 1.49. The molecule has 0 aliphatic rings. The van der Waals surface area contributed by atoms with Gasteiger partial charge in [0.05, 0.1) is 0 Å². The zero-order chi connectivity index (χ0) is 5.98. The Balaban J connectivity index is 3.09. The van der Waals surface area contributed by atoms with Gasteiger partial charge in [-0.3, -0.25) is 0 Å². The Morgan fingerprint density at radius 2 is 2.38 bits per heavy atom. The number of aryl methyl sites for hydroxylation is 1. The summed E-state index contributed by atoms with van der Waals surface area (Å²) < 4.78 is 0. The molecule has 1 rings (SSSR count). The van der Waals surface area contributed by atoms with Gasteiger partial charge >= 0.3 is 0 Å². The lowest BCUT2D eigenvalue weighted by atomic mass is 10.2. The van der Waals surface area contributed by atoms with E-state index in [0.717, 1.165) is 0 Å². The molecule has 1 heterocycles. The summed E-state index contributed by atoms with van der Waals surface area (Å²) in [6.45, 7) is 5.76. The zero-order valence-corrected chi connectivity index (χ0v) is 5.66. The minimum absolute atomic E-state index is 1.26. The topological polar surface area (TPSA) is 0 Å². The molecule has 0 spiro atoms. The van der Waals surface area contributed by atoms with Gasteiger partial charge in [-0.2, -0.15) is 11.3 Å². The predicted molar refractivity (Wildman–Crippen MR) is 39.1 cm³/mol. The quantitative estimate of drug-likeness (QED) is 0.540. The second-order valence-electron chi connectivity index (χ2n) is 1.71. The summed E-state index contributed by atoms with van der Waals surface area (Å²) in [5, 5.41) is 4.22. The minimum Gasteiger partial charge on any atom is -0.152 e. The van der Waals surface area contributed by atoms with Crippen molar-refractivity contribution in [3.05, 3.63) is 28.5 Å². The highest BCUT2D eigenvalue weighted by atomic mass is 32.1. The number of hydrogen-bond acceptors (Lipinski definition) is 1. The van der Waals surface area contributed by atoms with E-state index in [1.165, 1.54) is 11.1 Å². The molecule has 8 heavy (non-hydrogen) atoms. The maximum Gasteiger partial charge on any atom is -0.00182 e. The van der Waals surface area contributed by atoms with E-state index in [1.54, 1.807) is 11.3 Å². The Morgan fingerprint density at radius 3 is 2.62 bits per heavy atom. The molecule has 1 aromatic heterocycles. The van der Waals surface area contributed by atoms with Gasteiger partial charge in [-0.15, -0.1) is 0 Å². The lowest BCUT2D eigenvalue weighted by Gasteiger charge is -1.82. The van der Waals surface area contributed by atoms with Crippen molar-refractivity contribution in [2.75, 3.05) is 0 Å². The van der Waals surface area contributed by atoms with Crippen LogP contribution in [0.1, 0.15) is 11.1 Å². The van der Waals surface area contributed by atoms with Crippen molar-refractivity contribution in [1.82, 2.24) is 0 Å². The molecule has 0 saturated heterocycles. The number of thiophene rings is 1. The molecule has 1 aromatic rings. The van der Waals surface area contributed by atoms with Crippen molar-refractivity contribution < 1.29 is 0 Å². The first-order valence-corrected chi connectivity index (χ1v) is 3.44. The molecule has 0 aliphatic heterocycles. The van der Waals surface area contributed by atoms with Crippen LogP contribution in [0.15, 0.2) is 17.3 Å². The van der Waals surface area contributed by atoms with E-state index in [0.29, 0.717) is 0 Å². The molecule has 0 fully saturated rings. The van der Waals surface area contributed by atoms with Crippen molar-refractivity contribution in [3.63, 3.8) is 0 Å². The molecule has 42 valence electrons. The Morgan fingerprint density at radius 1 is 1.62 bits per heavy atom. The monoisotopic (exact) mass is 124 g/mol. The summed E-state index contributed by atoms with van der Waals surface area (Å²) in [5.41, 5.74) is 2.58. The molecule has 0 N–H and O–H groups in total. The van der Waals surface area contributed by atoms with Crippen molar-refractivity contribution in [2.45, 2.75) is 6.92 Å². The second kappa shape index (κ2) is 2.14. The van der Waals surface area contributed by atoms with E-state index in [-0.39, 0.29) is 0 Å². The number of hydrogen-bond donors (Lipinski definition) is 0. The van der Waals surface area contributed by atoms with Gasteiger partial charge < -0.3 is 0 Å². The van der Waals surface area contributed by atoms with Crippen molar-refractivity contribution in [2.24, 2.45) is 0 Å². The van der Waals surface area contributed by atoms with Crippen LogP contribution >= 0.6 is 11.3 Å². The van der Waals surface area contributed by atoms with E-state index in [2.05, 4.69) is 24.3 Å². The maximum atomic E-state index is 3.67. The fourth-order valence-corrected chi connectivity index (χ4v) is 1.42. The minimum atomic E-state index is 1.26. The van der Waals surface area contributed by atoms with Crippen LogP contribution in [0.2, 0.25) is 0 Å². The highest BCUT2D eigenvalue weighted by Crippen LogP contribution is 2.13. The molecule has 1 heteroatoms. The molecule has 0 aromatic carbocycles. The van der Waals surface area contributed by atoms with Crippen LogP contribution in [0, 0.1) is 6.92 Å². The first-order valence-electron chi connectivity index (χ1n) is 2.50. The van der Waals surface area contributed by atoms with Gasteiger partial charge in [0.1, 0.15) is 0 Å². The molecular weight excluding hydrogens is 116 g/mol. The third-order valence-electron chi connectivity index (χ3n) is 1.12.